The van der Waals surface area contributed by atoms with Gasteiger partial charge in [-0.05, 0) is 50.3 Å². The largest absolute Gasteiger partial charge is 0.390 e. The van der Waals surface area contributed by atoms with Crippen LogP contribution in [-0.4, -0.2) is 34.8 Å². The number of hydrogen-bond donors (Lipinski definition) is 2. The van der Waals surface area contributed by atoms with Crippen molar-refractivity contribution < 1.29 is 5.11 Å². The first-order chi connectivity index (χ1) is 9.87. The third-order valence-corrected chi connectivity index (χ3v) is 4.18. The number of hydrogen-bond acceptors (Lipinski definition) is 4. The number of pyridine rings is 1. The van der Waals surface area contributed by atoms with E-state index in [4.69, 9.17) is 0 Å². The molecule has 0 spiro atoms. The normalized spacial score (nSPS) is 23.4. The molecule has 118 valence electrons. The summed E-state index contributed by atoms with van der Waals surface area (Å²) < 4.78 is 0. The van der Waals surface area contributed by atoms with Crippen molar-refractivity contribution in [2.45, 2.75) is 65.1 Å². The van der Waals surface area contributed by atoms with Crippen LogP contribution in [0.4, 0.5) is 5.82 Å². The Bertz CT molecular complexity index is 471. The van der Waals surface area contributed by atoms with Gasteiger partial charge in [0.25, 0.3) is 0 Å². The molecule has 21 heavy (non-hydrogen) atoms. The number of anilines is 1. The minimum atomic E-state index is -0.524. The van der Waals surface area contributed by atoms with E-state index in [1.54, 1.807) is 0 Å². The molecule has 2 N–H and O–H groups in total. The number of aromatic nitrogens is 1. The lowest BCUT2D eigenvalue weighted by molar-refractivity contribution is 0.0481. The molecule has 4 nitrogen and oxygen atoms in total. The molecule has 0 aliphatic carbocycles. The molecule has 1 saturated heterocycles. The van der Waals surface area contributed by atoms with Gasteiger partial charge in [0.05, 0.1) is 5.60 Å². The maximum absolute atomic E-state index is 10.2. The summed E-state index contributed by atoms with van der Waals surface area (Å²) in [5.41, 5.74) is 1.93. The van der Waals surface area contributed by atoms with Crippen LogP contribution in [0.3, 0.4) is 0 Å². The second kappa shape index (κ2) is 6.75. The number of nitrogens with zero attached hydrogens (tertiary/aromatic N) is 2. The van der Waals surface area contributed by atoms with Gasteiger partial charge in [-0.25, -0.2) is 4.98 Å². The fraction of sp³-hybridized carbons (Fsp3) is 0.706. The third-order valence-electron chi connectivity index (χ3n) is 4.18. The van der Waals surface area contributed by atoms with Crippen LogP contribution in [0, 0.1) is 6.92 Å². The predicted molar refractivity (Wildman–Crippen MR) is 87.6 cm³/mol. The van der Waals surface area contributed by atoms with Gasteiger partial charge in [0.15, 0.2) is 0 Å². The summed E-state index contributed by atoms with van der Waals surface area (Å²) in [5, 5.41) is 13.6. The average molecular weight is 291 g/mol. The first kappa shape index (κ1) is 16.2. The van der Waals surface area contributed by atoms with Crippen molar-refractivity contribution in [1.29, 1.82) is 0 Å². The van der Waals surface area contributed by atoms with Crippen LogP contribution in [0.15, 0.2) is 12.3 Å². The molecule has 0 saturated carbocycles. The van der Waals surface area contributed by atoms with Crippen LogP contribution in [0.5, 0.6) is 0 Å². The van der Waals surface area contributed by atoms with Crippen molar-refractivity contribution >= 4 is 5.82 Å². The van der Waals surface area contributed by atoms with E-state index in [1.165, 1.54) is 11.1 Å². The zero-order valence-corrected chi connectivity index (χ0v) is 13.8. The molecule has 1 aromatic rings. The van der Waals surface area contributed by atoms with Crippen molar-refractivity contribution in [2.75, 3.05) is 18.0 Å². The van der Waals surface area contributed by atoms with Crippen LogP contribution in [0.2, 0.25) is 0 Å². The van der Waals surface area contributed by atoms with Gasteiger partial charge in [-0.2, -0.15) is 0 Å². The Morgan fingerprint density at radius 1 is 1.38 bits per heavy atom. The van der Waals surface area contributed by atoms with Gasteiger partial charge in [-0.3, -0.25) is 0 Å². The SMILES string of the molecule is Cc1cc(CNC(C)C)cnc1N1CCCC(C)(O)CC1. The van der Waals surface area contributed by atoms with E-state index in [-0.39, 0.29) is 0 Å². The Kier molecular flexibility index (Phi) is 5.22. The highest BCUT2D eigenvalue weighted by molar-refractivity contribution is 5.47. The van der Waals surface area contributed by atoms with E-state index in [0.717, 1.165) is 44.7 Å². The Balaban J connectivity index is 2.06. The molecule has 1 aliphatic heterocycles. The average Bonchev–Trinajstić information content (AvgIpc) is 2.58. The second-order valence-corrected chi connectivity index (χ2v) is 6.86. The Hall–Kier alpha value is -1.13. The van der Waals surface area contributed by atoms with Gasteiger partial charge in [0, 0.05) is 31.9 Å². The summed E-state index contributed by atoms with van der Waals surface area (Å²) in [4.78, 5) is 6.99. The van der Waals surface area contributed by atoms with Crippen LogP contribution in [-0.2, 0) is 6.54 Å². The van der Waals surface area contributed by atoms with Crippen molar-refractivity contribution in [1.82, 2.24) is 10.3 Å². The maximum Gasteiger partial charge on any atom is 0.131 e. The molecule has 1 aliphatic rings. The second-order valence-electron chi connectivity index (χ2n) is 6.86. The maximum atomic E-state index is 10.2. The van der Waals surface area contributed by atoms with Gasteiger partial charge in [0.2, 0.25) is 0 Å². The summed E-state index contributed by atoms with van der Waals surface area (Å²) in [6, 6.07) is 2.71. The lowest BCUT2D eigenvalue weighted by Crippen LogP contribution is -2.29. The monoisotopic (exact) mass is 291 g/mol. The Morgan fingerprint density at radius 3 is 2.81 bits per heavy atom. The van der Waals surface area contributed by atoms with Crippen molar-refractivity contribution in [2.24, 2.45) is 0 Å². The Labute approximate surface area is 128 Å². The smallest absolute Gasteiger partial charge is 0.131 e. The van der Waals surface area contributed by atoms with Crippen LogP contribution < -0.4 is 10.2 Å². The van der Waals surface area contributed by atoms with Crippen LogP contribution in [0.25, 0.3) is 0 Å². The highest BCUT2D eigenvalue weighted by Crippen LogP contribution is 2.26. The van der Waals surface area contributed by atoms with E-state index in [9.17, 15) is 5.11 Å². The van der Waals surface area contributed by atoms with Gasteiger partial charge >= 0.3 is 0 Å². The van der Waals surface area contributed by atoms with E-state index in [0.29, 0.717) is 6.04 Å². The summed E-state index contributed by atoms with van der Waals surface area (Å²) in [6.07, 6.45) is 4.68. The molecule has 0 radical (unpaired) electrons. The van der Waals surface area contributed by atoms with E-state index >= 15 is 0 Å². The molecular formula is C17H29N3O. The molecule has 1 fully saturated rings. The first-order valence-corrected chi connectivity index (χ1v) is 8.04. The van der Waals surface area contributed by atoms with Gasteiger partial charge < -0.3 is 15.3 Å². The molecule has 1 unspecified atom stereocenters. The summed E-state index contributed by atoms with van der Waals surface area (Å²) in [7, 11) is 0. The number of aryl methyl sites for hydroxylation is 1. The molecule has 0 aromatic carbocycles. The molecule has 0 bridgehead atoms. The zero-order chi connectivity index (χ0) is 15.5. The van der Waals surface area contributed by atoms with Gasteiger partial charge in [-0.15, -0.1) is 0 Å². The summed E-state index contributed by atoms with van der Waals surface area (Å²) in [5.74, 6) is 1.07. The van der Waals surface area contributed by atoms with E-state index in [2.05, 4.69) is 42.0 Å². The predicted octanol–water partition coefficient (Wildman–Crippen LogP) is 2.63. The third kappa shape index (κ3) is 4.68. The van der Waals surface area contributed by atoms with Gasteiger partial charge in [-0.1, -0.05) is 13.8 Å². The number of aliphatic hydroxyl groups is 1. The molecule has 2 rings (SSSR count). The quantitative estimate of drug-likeness (QED) is 0.895. The van der Waals surface area contributed by atoms with E-state index < -0.39 is 5.60 Å². The number of rotatable bonds is 4. The van der Waals surface area contributed by atoms with Crippen LogP contribution >= 0.6 is 0 Å². The highest BCUT2D eigenvalue weighted by Gasteiger charge is 2.25. The topological polar surface area (TPSA) is 48.4 Å². The Morgan fingerprint density at radius 2 is 2.14 bits per heavy atom. The lowest BCUT2D eigenvalue weighted by atomic mass is 9.98. The fourth-order valence-corrected chi connectivity index (χ4v) is 2.85. The molecule has 0 amide bonds. The molecular weight excluding hydrogens is 262 g/mol. The zero-order valence-electron chi connectivity index (χ0n) is 13.8. The highest BCUT2D eigenvalue weighted by atomic mass is 16.3. The summed E-state index contributed by atoms with van der Waals surface area (Å²) >= 11 is 0. The first-order valence-electron chi connectivity index (χ1n) is 8.04. The standard InChI is InChI=1S/C17H29N3O/c1-13(2)18-11-15-10-14(3)16(19-12-15)20-8-5-6-17(4,21)7-9-20/h10,12-13,18,21H,5-9,11H2,1-4H3. The molecule has 1 atom stereocenters. The fourth-order valence-electron chi connectivity index (χ4n) is 2.85. The van der Waals surface area contributed by atoms with Gasteiger partial charge in [0.1, 0.15) is 5.82 Å². The van der Waals surface area contributed by atoms with Crippen molar-refractivity contribution in [3.63, 3.8) is 0 Å². The van der Waals surface area contributed by atoms with Crippen molar-refractivity contribution in [3.05, 3.63) is 23.4 Å². The minimum Gasteiger partial charge on any atom is -0.390 e. The molecule has 4 heteroatoms. The summed E-state index contributed by atoms with van der Waals surface area (Å²) in [6.45, 7) is 11.1. The van der Waals surface area contributed by atoms with Crippen molar-refractivity contribution in [3.8, 4) is 0 Å². The van der Waals surface area contributed by atoms with E-state index in [1.807, 2.05) is 13.1 Å². The molecule has 1 aromatic heterocycles. The molecule has 2 heterocycles. The number of nitrogens with one attached hydrogen (secondary N) is 1. The minimum absolute atomic E-state index is 0.484. The van der Waals surface area contributed by atoms with Crippen LogP contribution in [0.1, 0.15) is 51.2 Å². The lowest BCUT2D eigenvalue weighted by Gasteiger charge is -2.25.